The van der Waals surface area contributed by atoms with Crippen LogP contribution in [0.5, 0.6) is 5.75 Å². The van der Waals surface area contributed by atoms with Crippen molar-refractivity contribution in [2.75, 3.05) is 6.61 Å². The fourth-order valence-electron chi connectivity index (χ4n) is 6.11. The number of carbonyl (C=O) groups is 1. The number of aromatic nitrogens is 4. The SMILES string of the molecule is O=C(COc1ccc(C23CC(C(F)(F)C(O)(Cn4cnnn4)c4ccc(F)cc4F)(C2)C3)cc1)C1CC1. The van der Waals surface area contributed by atoms with E-state index in [-0.39, 0.29) is 37.6 Å². The molecule has 1 N–H and O–H groups in total. The third-order valence-electron chi connectivity index (χ3n) is 8.26. The quantitative estimate of drug-likeness (QED) is 0.411. The van der Waals surface area contributed by atoms with Gasteiger partial charge in [0.25, 0.3) is 5.92 Å². The average Bonchev–Trinajstić information content (AvgIpc) is 3.53. The summed E-state index contributed by atoms with van der Waals surface area (Å²) >= 11 is 0. The van der Waals surface area contributed by atoms with Crippen LogP contribution in [-0.2, 0) is 22.4 Å². The van der Waals surface area contributed by atoms with Crippen molar-refractivity contribution < 1.29 is 32.2 Å². The van der Waals surface area contributed by atoms with Gasteiger partial charge < -0.3 is 9.84 Å². The molecule has 0 saturated heterocycles. The molecule has 194 valence electrons. The summed E-state index contributed by atoms with van der Waals surface area (Å²) in [7, 11) is 0. The Hall–Kier alpha value is -3.34. The molecule has 4 aliphatic carbocycles. The van der Waals surface area contributed by atoms with Crippen molar-refractivity contribution in [3.05, 3.63) is 71.6 Å². The Kier molecular flexibility index (Phi) is 5.24. The summed E-state index contributed by atoms with van der Waals surface area (Å²) in [4.78, 5) is 11.8. The molecule has 2 bridgehead atoms. The summed E-state index contributed by atoms with van der Waals surface area (Å²) in [6, 6.07) is 9.23. The van der Waals surface area contributed by atoms with E-state index in [2.05, 4.69) is 15.5 Å². The molecule has 1 aromatic heterocycles. The zero-order valence-corrected chi connectivity index (χ0v) is 19.7. The number of nitrogens with zero attached hydrogens (tertiary/aromatic N) is 4. The predicted octanol–water partition coefficient (Wildman–Crippen LogP) is 3.95. The minimum absolute atomic E-state index is 0.0182. The predicted molar refractivity (Wildman–Crippen MR) is 121 cm³/mol. The lowest BCUT2D eigenvalue weighted by atomic mass is 9.30. The molecule has 4 fully saturated rings. The van der Waals surface area contributed by atoms with Crippen molar-refractivity contribution in [3.8, 4) is 5.75 Å². The van der Waals surface area contributed by atoms with Gasteiger partial charge in [-0.25, -0.2) is 22.2 Å². The van der Waals surface area contributed by atoms with Gasteiger partial charge in [0.2, 0.25) is 0 Å². The first-order valence-electron chi connectivity index (χ1n) is 12.1. The molecule has 1 atom stereocenters. The molecule has 1 heterocycles. The van der Waals surface area contributed by atoms with E-state index in [1.807, 2.05) is 12.1 Å². The first-order chi connectivity index (χ1) is 17.6. The molecule has 3 aromatic rings. The van der Waals surface area contributed by atoms with Crippen molar-refractivity contribution in [1.82, 2.24) is 20.2 Å². The minimum Gasteiger partial charge on any atom is -0.486 e. The third-order valence-corrected chi connectivity index (χ3v) is 8.26. The lowest BCUT2D eigenvalue weighted by Crippen LogP contribution is -2.76. The van der Waals surface area contributed by atoms with E-state index in [0.717, 1.165) is 41.5 Å². The number of carbonyl (C=O) groups excluding carboxylic acids is 1. The van der Waals surface area contributed by atoms with Gasteiger partial charge in [0.1, 0.15) is 30.3 Å². The largest absolute Gasteiger partial charge is 0.486 e. The molecule has 0 spiro atoms. The van der Waals surface area contributed by atoms with Crippen LogP contribution in [0.15, 0.2) is 48.8 Å². The molecule has 0 radical (unpaired) electrons. The van der Waals surface area contributed by atoms with Crippen molar-refractivity contribution in [3.63, 3.8) is 0 Å². The summed E-state index contributed by atoms with van der Waals surface area (Å²) in [6.07, 6.45) is 3.15. The Bertz CT molecular complexity index is 1320. The van der Waals surface area contributed by atoms with Crippen LogP contribution < -0.4 is 4.74 Å². The normalized spacial score (nSPS) is 26.1. The van der Waals surface area contributed by atoms with Crippen LogP contribution in [-0.4, -0.2) is 43.6 Å². The van der Waals surface area contributed by atoms with Gasteiger partial charge in [0, 0.05) is 23.0 Å². The number of halogens is 4. The van der Waals surface area contributed by atoms with Crippen LogP contribution in [0.4, 0.5) is 17.6 Å². The maximum absolute atomic E-state index is 16.2. The summed E-state index contributed by atoms with van der Waals surface area (Å²) in [6.45, 7) is -0.791. The van der Waals surface area contributed by atoms with Crippen LogP contribution in [0.2, 0.25) is 0 Å². The first-order valence-corrected chi connectivity index (χ1v) is 12.1. The van der Waals surface area contributed by atoms with Crippen molar-refractivity contribution in [2.24, 2.45) is 11.3 Å². The van der Waals surface area contributed by atoms with Gasteiger partial charge in [-0.05, 0) is 77.8 Å². The number of ether oxygens (including phenoxy) is 1. The summed E-state index contributed by atoms with van der Waals surface area (Å²) in [5.74, 6) is -5.26. The first kappa shape index (κ1) is 24.0. The van der Waals surface area contributed by atoms with Crippen LogP contribution in [0.3, 0.4) is 0 Å². The van der Waals surface area contributed by atoms with Crippen LogP contribution in [0, 0.1) is 23.0 Å². The van der Waals surface area contributed by atoms with Gasteiger partial charge in [-0.3, -0.25) is 4.79 Å². The minimum atomic E-state index is -3.78. The number of benzene rings is 2. The highest BCUT2D eigenvalue weighted by Gasteiger charge is 2.82. The standard InChI is InChI=1S/C26H24F4N4O3/c27-18-5-8-20(21(28)9-18)25(36,14-34-15-31-32-33-34)26(29,30)24-11-23(12-24,13-24)17-3-6-19(7-4-17)37-10-22(35)16-1-2-16/h3-9,15-16,36H,1-2,10-14H2. The number of hydrogen-bond donors (Lipinski definition) is 1. The highest BCUT2D eigenvalue weighted by atomic mass is 19.3. The molecule has 7 rings (SSSR count). The molecule has 2 aromatic carbocycles. The van der Waals surface area contributed by atoms with Gasteiger partial charge in [-0.15, -0.1) is 5.10 Å². The molecule has 37 heavy (non-hydrogen) atoms. The Balaban J connectivity index is 1.22. The van der Waals surface area contributed by atoms with E-state index in [0.29, 0.717) is 11.8 Å². The number of aliphatic hydroxyl groups is 1. The highest BCUT2D eigenvalue weighted by Crippen LogP contribution is 2.80. The van der Waals surface area contributed by atoms with Crippen LogP contribution >= 0.6 is 0 Å². The van der Waals surface area contributed by atoms with Crippen molar-refractivity contribution in [2.45, 2.75) is 55.6 Å². The van der Waals surface area contributed by atoms with Crippen LogP contribution in [0.1, 0.15) is 43.2 Å². The number of rotatable bonds is 10. The molecule has 4 saturated carbocycles. The van der Waals surface area contributed by atoms with Gasteiger partial charge in [-0.1, -0.05) is 12.1 Å². The second kappa shape index (κ2) is 8.08. The number of alkyl halides is 2. The van der Waals surface area contributed by atoms with Crippen molar-refractivity contribution >= 4 is 5.78 Å². The number of ketones is 1. The fraction of sp³-hybridized carbons (Fsp3) is 0.462. The second-order valence-corrected chi connectivity index (χ2v) is 10.7. The third kappa shape index (κ3) is 3.65. The van der Waals surface area contributed by atoms with Crippen LogP contribution in [0.25, 0.3) is 0 Å². The monoisotopic (exact) mass is 516 g/mol. The average molecular weight is 516 g/mol. The maximum atomic E-state index is 16.2. The Morgan fingerprint density at radius 2 is 1.81 bits per heavy atom. The van der Waals surface area contributed by atoms with E-state index in [4.69, 9.17) is 4.74 Å². The lowest BCUT2D eigenvalue weighted by molar-refractivity contribution is -0.347. The Labute approximate surface area is 209 Å². The molecule has 0 aliphatic heterocycles. The lowest BCUT2D eigenvalue weighted by Gasteiger charge is -2.74. The molecule has 7 nitrogen and oxygen atoms in total. The van der Waals surface area contributed by atoms with E-state index in [9.17, 15) is 18.7 Å². The van der Waals surface area contributed by atoms with Gasteiger partial charge in [0.15, 0.2) is 11.4 Å². The van der Waals surface area contributed by atoms with Crippen molar-refractivity contribution in [1.29, 1.82) is 0 Å². The van der Waals surface area contributed by atoms with Gasteiger partial charge >= 0.3 is 0 Å². The Morgan fingerprint density at radius 3 is 2.41 bits per heavy atom. The summed E-state index contributed by atoms with van der Waals surface area (Å²) < 4.78 is 67.2. The second-order valence-electron chi connectivity index (χ2n) is 10.7. The van der Waals surface area contributed by atoms with Gasteiger partial charge in [0.05, 0.1) is 6.54 Å². The maximum Gasteiger partial charge on any atom is 0.287 e. The summed E-state index contributed by atoms with van der Waals surface area (Å²) in [5, 5.41) is 21.8. The van der Waals surface area contributed by atoms with E-state index in [1.165, 1.54) is 0 Å². The molecular formula is C26H24F4N4O3. The molecule has 11 heteroatoms. The number of tetrazole rings is 1. The van der Waals surface area contributed by atoms with E-state index < -0.39 is 46.1 Å². The zero-order chi connectivity index (χ0) is 26.1. The van der Waals surface area contributed by atoms with Gasteiger partial charge in [-0.2, -0.15) is 0 Å². The smallest absolute Gasteiger partial charge is 0.287 e. The Morgan fingerprint density at radius 1 is 1.11 bits per heavy atom. The number of hydrogen-bond acceptors (Lipinski definition) is 6. The molecule has 1 unspecified atom stereocenters. The zero-order valence-electron chi connectivity index (χ0n) is 19.7. The molecular weight excluding hydrogens is 492 g/mol. The molecule has 4 aliphatic rings. The van der Waals surface area contributed by atoms with E-state index >= 15 is 8.78 Å². The highest BCUT2D eigenvalue weighted by molar-refractivity contribution is 5.84. The molecule has 0 amide bonds. The number of Topliss-reactive ketones (excluding diaryl/α,β-unsaturated/α-hetero) is 1. The summed E-state index contributed by atoms with van der Waals surface area (Å²) in [5.41, 5.74) is -4.91. The fourth-order valence-corrected chi connectivity index (χ4v) is 6.11. The topological polar surface area (TPSA) is 90.1 Å². The van der Waals surface area contributed by atoms with E-state index in [1.54, 1.807) is 12.1 Å².